The van der Waals surface area contributed by atoms with Crippen molar-refractivity contribution in [1.82, 2.24) is 9.88 Å². The molecule has 5 rings (SSSR count). The topological polar surface area (TPSA) is 65.9 Å². The van der Waals surface area contributed by atoms with Crippen LogP contribution in [0.3, 0.4) is 0 Å². The van der Waals surface area contributed by atoms with Crippen molar-refractivity contribution in [3.63, 3.8) is 0 Å². The van der Waals surface area contributed by atoms with Gasteiger partial charge >= 0.3 is 0 Å². The Hall–Kier alpha value is -2.74. The molecule has 2 fully saturated rings. The second-order valence-corrected chi connectivity index (χ2v) is 11.4. The Morgan fingerprint density at radius 3 is 2.57 bits per heavy atom. The molecule has 0 atom stereocenters. The van der Waals surface area contributed by atoms with Gasteiger partial charge in [-0.3, -0.25) is 4.90 Å². The summed E-state index contributed by atoms with van der Waals surface area (Å²) < 4.78 is 6.37. The van der Waals surface area contributed by atoms with E-state index >= 15 is 0 Å². The van der Waals surface area contributed by atoms with Gasteiger partial charge in [-0.1, -0.05) is 29.8 Å². The molecule has 0 saturated carbocycles. The van der Waals surface area contributed by atoms with Gasteiger partial charge in [-0.2, -0.15) is 0 Å². The molecule has 2 aliphatic rings. The van der Waals surface area contributed by atoms with E-state index in [1.165, 1.54) is 22.3 Å². The number of carbonyl (C=O) groups is 1. The summed E-state index contributed by atoms with van der Waals surface area (Å²) in [6.45, 7) is 9.34. The van der Waals surface area contributed by atoms with E-state index < -0.39 is 0 Å². The van der Waals surface area contributed by atoms with Crippen LogP contribution in [0, 0.1) is 19.8 Å². The van der Waals surface area contributed by atoms with E-state index in [0.717, 1.165) is 86.8 Å². The third-order valence-electron chi connectivity index (χ3n) is 7.66. The third kappa shape index (κ3) is 6.40. The Labute approximate surface area is 223 Å². The Morgan fingerprint density at radius 1 is 1.05 bits per heavy atom. The number of carbonyl (C=O) groups excluding carboxylic acids is 1. The van der Waals surface area contributed by atoms with E-state index in [9.17, 15) is 9.90 Å². The molecule has 1 aromatic heterocycles. The number of piperidine rings is 2. The summed E-state index contributed by atoms with van der Waals surface area (Å²) >= 11 is 1.66. The van der Waals surface area contributed by atoms with Crippen LogP contribution in [0.4, 0.5) is 5.13 Å². The summed E-state index contributed by atoms with van der Waals surface area (Å²) in [5.41, 5.74) is 6.86. The van der Waals surface area contributed by atoms with Gasteiger partial charge in [0.2, 0.25) is 0 Å². The van der Waals surface area contributed by atoms with Crippen LogP contribution in [0.25, 0.3) is 11.3 Å². The molecule has 0 aliphatic carbocycles. The zero-order chi connectivity index (χ0) is 25.8. The number of rotatable bonds is 8. The number of thiazole rings is 1. The minimum absolute atomic E-state index is 0.138. The van der Waals surface area contributed by atoms with Crippen molar-refractivity contribution >= 4 is 22.8 Å². The first-order chi connectivity index (χ1) is 18.0. The number of ether oxygens (including phenoxy) is 1. The molecule has 6 nitrogen and oxygen atoms in total. The maximum absolute atomic E-state index is 11.1. The number of hydrogen-bond donors (Lipinski definition) is 1. The molecule has 0 unspecified atom stereocenters. The lowest BCUT2D eigenvalue weighted by Crippen LogP contribution is -2.35. The first-order valence-corrected chi connectivity index (χ1v) is 14.2. The third-order valence-corrected chi connectivity index (χ3v) is 8.56. The second-order valence-electron chi connectivity index (χ2n) is 10.5. The van der Waals surface area contributed by atoms with Crippen molar-refractivity contribution in [3.05, 3.63) is 64.0 Å². The molecule has 3 aromatic rings. The lowest BCUT2D eigenvalue weighted by atomic mass is 9.99. The van der Waals surface area contributed by atoms with Crippen molar-refractivity contribution in [2.45, 2.75) is 58.8 Å². The molecule has 0 bridgehead atoms. The number of benzene rings is 2. The van der Waals surface area contributed by atoms with E-state index in [1.807, 2.05) is 6.07 Å². The van der Waals surface area contributed by atoms with Gasteiger partial charge in [0.05, 0.1) is 11.8 Å². The quantitative estimate of drug-likeness (QED) is 0.403. The highest BCUT2D eigenvalue weighted by atomic mass is 32.1. The number of aromatic nitrogens is 1. The highest BCUT2D eigenvalue weighted by Gasteiger charge is 2.22. The van der Waals surface area contributed by atoms with Gasteiger partial charge in [0.1, 0.15) is 18.6 Å². The van der Waals surface area contributed by atoms with Crippen molar-refractivity contribution < 1.29 is 14.6 Å². The number of likely N-dealkylation sites (tertiary alicyclic amines) is 1. The zero-order valence-electron chi connectivity index (χ0n) is 21.9. The lowest BCUT2D eigenvalue weighted by Gasteiger charge is -2.29. The maximum Gasteiger partial charge on any atom is 0.185 e. The van der Waals surface area contributed by atoms with Gasteiger partial charge in [0.25, 0.3) is 0 Å². The number of aldehydes is 1. The molecule has 7 heteroatoms. The summed E-state index contributed by atoms with van der Waals surface area (Å²) in [6.07, 6.45) is 4.48. The Morgan fingerprint density at radius 2 is 1.84 bits per heavy atom. The molecule has 37 heavy (non-hydrogen) atoms. The minimum Gasteiger partial charge on any atom is -0.488 e. The number of aliphatic hydroxyl groups is 1. The molecular formula is C30H37N3O3S. The van der Waals surface area contributed by atoms with Crippen molar-refractivity contribution in [3.8, 4) is 17.0 Å². The molecule has 0 amide bonds. The first-order valence-electron chi connectivity index (χ1n) is 13.4. The number of nitrogens with zero attached hydrogens (tertiary/aromatic N) is 3. The normalized spacial score (nSPS) is 17.8. The van der Waals surface area contributed by atoms with Crippen molar-refractivity contribution in [2.75, 3.05) is 31.1 Å². The maximum atomic E-state index is 11.1. The highest BCUT2D eigenvalue weighted by Crippen LogP contribution is 2.36. The van der Waals surface area contributed by atoms with Crippen LogP contribution in [0.5, 0.6) is 5.75 Å². The summed E-state index contributed by atoms with van der Waals surface area (Å²) in [6, 6.07) is 12.9. The molecular weight excluding hydrogens is 482 g/mol. The van der Waals surface area contributed by atoms with Crippen LogP contribution in [0.2, 0.25) is 0 Å². The van der Waals surface area contributed by atoms with Crippen molar-refractivity contribution in [2.24, 2.45) is 5.92 Å². The minimum atomic E-state index is -0.138. The summed E-state index contributed by atoms with van der Waals surface area (Å²) in [5, 5.41) is 12.9. The largest absolute Gasteiger partial charge is 0.488 e. The molecule has 0 spiro atoms. The van der Waals surface area contributed by atoms with Gasteiger partial charge in [-0.25, -0.2) is 4.98 Å². The molecule has 3 heterocycles. The van der Waals surface area contributed by atoms with E-state index in [1.54, 1.807) is 11.3 Å². The Kier molecular flexibility index (Phi) is 8.23. The Bertz CT molecular complexity index is 1210. The summed E-state index contributed by atoms with van der Waals surface area (Å²) in [5.74, 6) is 1.03. The number of hydrogen-bond acceptors (Lipinski definition) is 7. The highest BCUT2D eigenvalue weighted by molar-refractivity contribution is 7.14. The SMILES string of the molecule is Cc1ccc(OCc2ccc(CN3CCC(O)CC3)cc2C)c(-c2csc(N3CCC(C=O)CC3)n2)c1. The summed E-state index contributed by atoms with van der Waals surface area (Å²) in [4.78, 5) is 20.8. The molecule has 2 aliphatic heterocycles. The van der Waals surface area contributed by atoms with Crippen LogP contribution >= 0.6 is 11.3 Å². The first kappa shape index (κ1) is 25.9. The molecule has 2 aromatic carbocycles. The predicted molar refractivity (Wildman–Crippen MR) is 149 cm³/mol. The zero-order valence-corrected chi connectivity index (χ0v) is 22.7. The second kappa shape index (κ2) is 11.8. The van der Waals surface area contributed by atoms with E-state index in [0.29, 0.717) is 6.61 Å². The fraction of sp³-hybridized carbons (Fsp3) is 0.467. The fourth-order valence-corrected chi connectivity index (χ4v) is 6.12. The average molecular weight is 520 g/mol. The molecule has 1 N–H and O–H groups in total. The summed E-state index contributed by atoms with van der Waals surface area (Å²) in [7, 11) is 0. The van der Waals surface area contributed by atoms with Crippen LogP contribution < -0.4 is 9.64 Å². The standard InChI is InChI=1S/C30H37N3O3S/c1-21-3-6-29(27(15-21)28-20-37-30(31-28)33-13-7-23(18-34)8-14-33)36-19-25-5-4-24(16-22(25)2)17-32-11-9-26(35)10-12-32/h3-6,15-16,18,20,23,26,35H,7-14,17,19H2,1-2H3. The lowest BCUT2D eigenvalue weighted by molar-refractivity contribution is -0.111. The fourth-order valence-electron chi connectivity index (χ4n) is 5.24. The van der Waals surface area contributed by atoms with Gasteiger partial charge in [0.15, 0.2) is 5.13 Å². The van der Waals surface area contributed by atoms with E-state index in [2.05, 4.69) is 59.4 Å². The molecule has 0 radical (unpaired) electrons. The number of aliphatic hydroxyl groups excluding tert-OH is 1. The smallest absolute Gasteiger partial charge is 0.185 e. The van der Waals surface area contributed by atoms with Gasteiger partial charge in [-0.15, -0.1) is 11.3 Å². The number of aryl methyl sites for hydroxylation is 2. The van der Waals surface area contributed by atoms with Crippen LogP contribution in [0.1, 0.15) is 47.9 Å². The monoisotopic (exact) mass is 519 g/mol. The molecule has 2 saturated heterocycles. The average Bonchev–Trinajstić information content (AvgIpc) is 3.40. The number of anilines is 1. The van der Waals surface area contributed by atoms with E-state index in [4.69, 9.17) is 9.72 Å². The van der Waals surface area contributed by atoms with Crippen LogP contribution in [-0.4, -0.2) is 53.6 Å². The Balaban J connectivity index is 1.25. The van der Waals surface area contributed by atoms with Crippen LogP contribution in [-0.2, 0) is 17.9 Å². The van der Waals surface area contributed by atoms with E-state index in [-0.39, 0.29) is 12.0 Å². The predicted octanol–water partition coefficient (Wildman–Crippen LogP) is 5.38. The van der Waals surface area contributed by atoms with Gasteiger partial charge < -0.3 is 19.5 Å². The van der Waals surface area contributed by atoms with Gasteiger partial charge in [0, 0.05) is 49.6 Å². The van der Waals surface area contributed by atoms with Gasteiger partial charge in [-0.05, 0) is 68.4 Å². The molecule has 196 valence electrons. The van der Waals surface area contributed by atoms with Crippen LogP contribution in [0.15, 0.2) is 41.8 Å². The van der Waals surface area contributed by atoms with Crippen molar-refractivity contribution in [1.29, 1.82) is 0 Å².